The molecule has 2 aromatic heterocycles. The number of methoxy groups -OCH3 is 1. The van der Waals surface area contributed by atoms with E-state index in [4.69, 9.17) is 4.74 Å². The number of benzene rings is 1. The Bertz CT molecular complexity index is 1060. The number of fused-ring (bicyclic) bond motifs is 1. The lowest BCUT2D eigenvalue weighted by molar-refractivity contribution is -0.137. The number of nitrogens with one attached hydrogen (secondary N) is 1. The van der Waals surface area contributed by atoms with E-state index >= 15 is 0 Å². The summed E-state index contributed by atoms with van der Waals surface area (Å²) >= 11 is 0. The van der Waals surface area contributed by atoms with Gasteiger partial charge in [-0.3, -0.25) is 0 Å². The average Bonchev–Trinajstić information content (AvgIpc) is 3.10. The smallest absolute Gasteiger partial charge is 0.418 e. The van der Waals surface area contributed by atoms with E-state index in [2.05, 4.69) is 15.4 Å². The largest absolute Gasteiger partial charge is 0.495 e. The molecule has 2 heterocycles. The van der Waals surface area contributed by atoms with Crippen molar-refractivity contribution in [2.24, 2.45) is 0 Å². The molecular weight excluding hydrogens is 399 g/mol. The fourth-order valence-corrected chi connectivity index (χ4v) is 3.07. The second-order valence-electron chi connectivity index (χ2n) is 5.97. The first-order valence-electron chi connectivity index (χ1n) is 8.29. The van der Waals surface area contributed by atoms with Crippen molar-refractivity contribution in [3.05, 3.63) is 41.2 Å². The van der Waals surface area contributed by atoms with Gasteiger partial charge in [-0.15, -0.1) is 5.10 Å². The first kappa shape index (κ1) is 20.5. The summed E-state index contributed by atoms with van der Waals surface area (Å²) in [5.74, 6) is -0.710. The van der Waals surface area contributed by atoms with Crippen molar-refractivity contribution in [2.75, 3.05) is 19.5 Å². The van der Waals surface area contributed by atoms with Crippen LogP contribution in [-0.2, 0) is 17.4 Å². The number of aldehydes is 1. The van der Waals surface area contributed by atoms with Gasteiger partial charge in [0.15, 0.2) is 5.65 Å². The lowest BCUT2D eigenvalue weighted by Gasteiger charge is -2.18. The summed E-state index contributed by atoms with van der Waals surface area (Å²) in [7, 11) is 2.89. The maximum Gasteiger partial charge on any atom is 0.418 e. The average molecular weight is 414 g/mol. The number of anilines is 1. The van der Waals surface area contributed by atoms with E-state index in [1.54, 1.807) is 7.05 Å². The number of hydrogen-bond acceptors (Lipinski definition) is 5. The third-order valence-corrected chi connectivity index (χ3v) is 4.25. The molecule has 1 N–H and O–H groups in total. The molecule has 0 amide bonds. The molecule has 154 valence electrons. The Morgan fingerprint density at radius 3 is 2.55 bits per heavy atom. The van der Waals surface area contributed by atoms with Crippen LogP contribution in [0.25, 0.3) is 16.9 Å². The van der Waals surface area contributed by atoms with E-state index in [0.29, 0.717) is 17.5 Å². The topological polar surface area (TPSA) is 68.5 Å². The molecule has 29 heavy (non-hydrogen) atoms. The number of nitrogens with zero attached hydrogens (tertiary/aromatic N) is 3. The van der Waals surface area contributed by atoms with Crippen LogP contribution in [0, 0.1) is 0 Å². The summed E-state index contributed by atoms with van der Waals surface area (Å²) < 4.78 is 73.1. The van der Waals surface area contributed by atoms with Crippen LogP contribution in [0.15, 0.2) is 24.3 Å². The third-order valence-electron chi connectivity index (χ3n) is 4.25. The number of hydrogen-bond donors (Lipinski definition) is 1. The molecule has 0 unspecified atom stereocenters. The number of carbonyl (C=O) groups excluding carboxylic acids is 1. The number of ether oxygens (including phenoxy) is 1. The van der Waals surface area contributed by atoms with E-state index in [0.717, 1.165) is 16.6 Å². The first-order chi connectivity index (χ1) is 13.7. The van der Waals surface area contributed by atoms with Crippen LogP contribution in [-0.4, -0.2) is 35.0 Å². The predicted octanol–water partition coefficient (Wildman–Crippen LogP) is 4.14. The summed E-state index contributed by atoms with van der Waals surface area (Å²) in [6.45, 7) is 0. The highest BCUT2D eigenvalue weighted by Gasteiger charge is 2.36. The summed E-state index contributed by atoms with van der Waals surface area (Å²) in [4.78, 5) is 14.6. The minimum atomic E-state index is -4.79. The van der Waals surface area contributed by atoms with E-state index < -0.39 is 29.7 Å². The van der Waals surface area contributed by atoms with Gasteiger partial charge < -0.3 is 14.8 Å². The minimum Gasteiger partial charge on any atom is -0.495 e. The lowest BCUT2D eigenvalue weighted by Crippen LogP contribution is -2.12. The molecule has 0 aliphatic heterocycles. The Kier molecular flexibility index (Phi) is 5.40. The Hall–Kier alpha value is -3.24. The van der Waals surface area contributed by atoms with Crippen molar-refractivity contribution in [2.45, 2.75) is 19.0 Å². The summed E-state index contributed by atoms with van der Waals surface area (Å²) in [5, 5.41) is 6.41. The highest BCUT2D eigenvalue weighted by Crippen LogP contribution is 2.41. The maximum atomic E-state index is 13.7. The molecule has 0 spiro atoms. The van der Waals surface area contributed by atoms with Crippen LogP contribution in [0.3, 0.4) is 0 Å². The zero-order valence-electron chi connectivity index (χ0n) is 15.2. The van der Waals surface area contributed by atoms with Crippen LogP contribution in [0.4, 0.5) is 27.6 Å². The van der Waals surface area contributed by atoms with Crippen LogP contribution in [0.5, 0.6) is 5.75 Å². The molecule has 3 aromatic rings. The normalized spacial score (nSPS) is 11.9. The molecule has 0 aliphatic rings. The van der Waals surface area contributed by atoms with Crippen molar-refractivity contribution < 1.29 is 31.5 Å². The zero-order valence-corrected chi connectivity index (χ0v) is 15.2. The van der Waals surface area contributed by atoms with Gasteiger partial charge >= 0.3 is 6.18 Å². The molecule has 0 radical (unpaired) electrons. The standard InChI is InChI=1S/C18H15F5N4O2/c1-24-14-9(5-6-28)7-10(8-12(14)29-2)15-11(18(21,22)23)3-4-13-25-17(16(19)20)26-27(13)15/h3-4,6-8,16,24H,5H2,1-2H3. The van der Waals surface area contributed by atoms with E-state index in [1.807, 2.05) is 0 Å². The van der Waals surface area contributed by atoms with Gasteiger partial charge in [0, 0.05) is 19.0 Å². The fourth-order valence-electron chi connectivity index (χ4n) is 3.07. The SMILES string of the molecule is CNc1c(CC=O)cc(-c2c(C(F)(F)F)ccc3nc(C(F)F)nn23)cc1OC. The van der Waals surface area contributed by atoms with Crippen molar-refractivity contribution >= 4 is 17.6 Å². The van der Waals surface area contributed by atoms with Crippen LogP contribution >= 0.6 is 0 Å². The van der Waals surface area contributed by atoms with Gasteiger partial charge in [-0.2, -0.15) is 13.2 Å². The Morgan fingerprint density at radius 2 is 2.00 bits per heavy atom. The quantitative estimate of drug-likeness (QED) is 0.485. The highest BCUT2D eigenvalue weighted by molar-refractivity contribution is 5.77. The molecule has 0 saturated carbocycles. The van der Waals surface area contributed by atoms with Gasteiger partial charge in [0.1, 0.15) is 12.0 Å². The van der Waals surface area contributed by atoms with Gasteiger partial charge in [0.2, 0.25) is 5.82 Å². The zero-order chi connectivity index (χ0) is 21.3. The number of rotatable bonds is 6. The van der Waals surface area contributed by atoms with Gasteiger partial charge in [0.05, 0.1) is 24.1 Å². The predicted molar refractivity (Wildman–Crippen MR) is 94.2 cm³/mol. The first-order valence-corrected chi connectivity index (χ1v) is 8.29. The van der Waals surface area contributed by atoms with E-state index in [-0.39, 0.29) is 23.4 Å². The fraction of sp³-hybridized carbons (Fsp3) is 0.278. The third kappa shape index (κ3) is 3.71. The van der Waals surface area contributed by atoms with Crippen molar-refractivity contribution in [1.82, 2.24) is 14.6 Å². The van der Waals surface area contributed by atoms with Crippen LogP contribution < -0.4 is 10.1 Å². The number of carbonyl (C=O) groups is 1. The van der Waals surface area contributed by atoms with E-state index in [1.165, 1.54) is 19.2 Å². The molecule has 0 bridgehead atoms. The van der Waals surface area contributed by atoms with Crippen molar-refractivity contribution in [3.8, 4) is 17.0 Å². The summed E-state index contributed by atoms with van der Waals surface area (Å²) in [6.07, 6.45) is -7.35. The highest BCUT2D eigenvalue weighted by atomic mass is 19.4. The van der Waals surface area contributed by atoms with Crippen molar-refractivity contribution in [1.29, 1.82) is 0 Å². The Balaban J connectivity index is 2.40. The molecule has 1 aromatic carbocycles. The maximum absolute atomic E-state index is 13.7. The van der Waals surface area contributed by atoms with Gasteiger partial charge in [0.25, 0.3) is 6.43 Å². The van der Waals surface area contributed by atoms with Gasteiger partial charge in [-0.1, -0.05) is 0 Å². The molecule has 0 aliphatic carbocycles. The van der Waals surface area contributed by atoms with Crippen molar-refractivity contribution in [3.63, 3.8) is 0 Å². The minimum absolute atomic E-state index is 0.0126. The molecule has 0 fully saturated rings. The summed E-state index contributed by atoms with van der Waals surface area (Å²) in [5.41, 5.74) is -0.958. The molecule has 0 saturated heterocycles. The molecule has 0 atom stereocenters. The number of halogens is 5. The van der Waals surface area contributed by atoms with Gasteiger partial charge in [-0.25, -0.2) is 18.3 Å². The number of pyridine rings is 1. The second kappa shape index (κ2) is 7.64. The van der Waals surface area contributed by atoms with Gasteiger partial charge in [-0.05, 0) is 29.8 Å². The molecule has 6 nitrogen and oxygen atoms in total. The number of aromatic nitrogens is 3. The van der Waals surface area contributed by atoms with Crippen LogP contribution in [0.1, 0.15) is 23.4 Å². The van der Waals surface area contributed by atoms with Crippen LogP contribution in [0.2, 0.25) is 0 Å². The van der Waals surface area contributed by atoms with E-state index in [9.17, 15) is 26.7 Å². The summed E-state index contributed by atoms with van der Waals surface area (Å²) in [6, 6.07) is 4.40. The molecule has 11 heteroatoms. The number of alkyl halides is 5. The monoisotopic (exact) mass is 414 g/mol. The Labute approximate surface area is 161 Å². The lowest BCUT2D eigenvalue weighted by atomic mass is 9.99. The Morgan fingerprint density at radius 1 is 1.28 bits per heavy atom. The second-order valence-corrected chi connectivity index (χ2v) is 5.97. The molecule has 3 rings (SSSR count). The molecular formula is C18H15F5N4O2.